The molecular weight excluding hydrogens is 396 g/mol. The molecule has 0 fully saturated rings. The molecule has 0 saturated heterocycles. The molecule has 0 spiro atoms. The molecule has 0 aromatic rings. The van der Waals surface area contributed by atoms with Crippen molar-refractivity contribution in [2.75, 3.05) is 63.5 Å². The van der Waals surface area contributed by atoms with Gasteiger partial charge in [0.25, 0.3) is 0 Å². The zero-order valence-corrected chi connectivity index (χ0v) is 20.2. The van der Waals surface area contributed by atoms with Crippen molar-refractivity contribution >= 4 is 35.3 Å². The molecule has 0 rings (SSSR count). The maximum absolute atomic E-state index is 11.7. The summed E-state index contributed by atoms with van der Waals surface area (Å²) < 4.78 is 11.6. The molecule has 166 valence electrons. The first-order chi connectivity index (χ1) is 13.1. The Morgan fingerprint density at radius 2 is 1.29 bits per heavy atom. The lowest BCUT2D eigenvalue weighted by molar-refractivity contribution is -0.122. The third-order valence-electron chi connectivity index (χ3n) is 3.88. The van der Waals surface area contributed by atoms with Crippen LogP contribution in [0, 0.1) is 10.8 Å². The van der Waals surface area contributed by atoms with Crippen LogP contribution in [0.3, 0.4) is 0 Å². The molecule has 0 saturated carbocycles. The standard InChI is InChI=1S/C20H40N2O4S2/c1-19(2,13-22-18(24)8-12-28-6)14-26-16-20(3,4)15-25-10-9-21-17(23)7-11-27-5/h7-16H2,1-6H3,(H,21,23)(H,22,24). The summed E-state index contributed by atoms with van der Waals surface area (Å²) in [5, 5.41) is 5.84. The molecule has 28 heavy (non-hydrogen) atoms. The summed E-state index contributed by atoms with van der Waals surface area (Å²) in [6.45, 7) is 11.7. The summed E-state index contributed by atoms with van der Waals surface area (Å²) in [6.07, 6.45) is 5.10. The van der Waals surface area contributed by atoms with Crippen molar-refractivity contribution in [3.63, 3.8) is 0 Å². The Balaban J connectivity index is 3.89. The van der Waals surface area contributed by atoms with Crippen LogP contribution in [0.5, 0.6) is 0 Å². The van der Waals surface area contributed by atoms with Gasteiger partial charge in [0.15, 0.2) is 0 Å². The van der Waals surface area contributed by atoms with Gasteiger partial charge in [-0.05, 0) is 12.5 Å². The first-order valence-electron chi connectivity index (χ1n) is 9.79. The number of rotatable bonds is 17. The van der Waals surface area contributed by atoms with Crippen molar-refractivity contribution in [1.82, 2.24) is 10.6 Å². The minimum atomic E-state index is -0.118. The highest BCUT2D eigenvalue weighted by Gasteiger charge is 2.23. The Kier molecular flexibility index (Phi) is 15.2. The van der Waals surface area contributed by atoms with Crippen LogP contribution in [0.2, 0.25) is 0 Å². The first kappa shape index (κ1) is 27.6. The van der Waals surface area contributed by atoms with Crippen molar-refractivity contribution in [1.29, 1.82) is 0 Å². The summed E-state index contributed by atoms with van der Waals surface area (Å²) >= 11 is 3.34. The van der Waals surface area contributed by atoms with Gasteiger partial charge in [-0.25, -0.2) is 0 Å². The molecular formula is C20H40N2O4S2. The lowest BCUT2D eigenvalue weighted by Gasteiger charge is -2.29. The van der Waals surface area contributed by atoms with Crippen LogP contribution in [0.4, 0.5) is 0 Å². The topological polar surface area (TPSA) is 76.7 Å². The summed E-state index contributed by atoms with van der Waals surface area (Å²) in [6, 6.07) is 0. The molecule has 0 aliphatic carbocycles. The highest BCUT2D eigenvalue weighted by molar-refractivity contribution is 7.98. The number of hydrogen-bond acceptors (Lipinski definition) is 6. The lowest BCUT2D eigenvalue weighted by atomic mass is 9.93. The van der Waals surface area contributed by atoms with E-state index < -0.39 is 0 Å². The summed E-state index contributed by atoms with van der Waals surface area (Å²) in [5.41, 5.74) is -0.229. The molecule has 0 heterocycles. The van der Waals surface area contributed by atoms with Crippen LogP contribution in [-0.2, 0) is 19.1 Å². The highest BCUT2D eigenvalue weighted by atomic mass is 32.2. The summed E-state index contributed by atoms with van der Waals surface area (Å²) in [5.74, 6) is 1.85. The molecule has 0 aromatic carbocycles. The number of thioether (sulfide) groups is 2. The molecule has 0 unspecified atom stereocenters. The van der Waals surface area contributed by atoms with Gasteiger partial charge >= 0.3 is 0 Å². The third-order valence-corrected chi connectivity index (χ3v) is 5.10. The van der Waals surface area contributed by atoms with Gasteiger partial charge in [-0.1, -0.05) is 27.7 Å². The molecule has 0 bridgehead atoms. The Labute approximate surface area is 180 Å². The molecule has 0 aliphatic heterocycles. The van der Waals surface area contributed by atoms with Crippen molar-refractivity contribution in [2.45, 2.75) is 40.5 Å². The monoisotopic (exact) mass is 436 g/mol. The second kappa shape index (κ2) is 15.4. The minimum absolute atomic E-state index is 0.0725. The summed E-state index contributed by atoms with van der Waals surface area (Å²) in [4.78, 5) is 23.3. The second-order valence-corrected chi connectivity index (χ2v) is 10.5. The number of nitrogens with one attached hydrogen (secondary N) is 2. The molecule has 2 amide bonds. The van der Waals surface area contributed by atoms with Gasteiger partial charge in [-0.2, -0.15) is 23.5 Å². The molecule has 0 atom stereocenters. The molecule has 8 heteroatoms. The quantitative estimate of drug-likeness (QED) is 0.342. The van der Waals surface area contributed by atoms with Crippen LogP contribution in [-0.4, -0.2) is 75.3 Å². The van der Waals surface area contributed by atoms with Crippen LogP contribution in [0.15, 0.2) is 0 Å². The molecule has 0 aromatic heterocycles. The minimum Gasteiger partial charge on any atom is -0.380 e. The van der Waals surface area contributed by atoms with Crippen molar-refractivity contribution in [2.24, 2.45) is 10.8 Å². The number of ether oxygens (including phenoxy) is 2. The van der Waals surface area contributed by atoms with E-state index in [-0.39, 0.29) is 22.6 Å². The Bertz CT molecular complexity index is 446. The van der Waals surface area contributed by atoms with Crippen molar-refractivity contribution in [3.05, 3.63) is 0 Å². The predicted molar refractivity (Wildman–Crippen MR) is 121 cm³/mol. The van der Waals surface area contributed by atoms with E-state index in [0.717, 1.165) is 11.5 Å². The molecule has 2 N–H and O–H groups in total. The van der Waals surface area contributed by atoms with Gasteiger partial charge in [-0.3, -0.25) is 9.59 Å². The largest absolute Gasteiger partial charge is 0.380 e. The Morgan fingerprint density at radius 3 is 1.86 bits per heavy atom. The van der Waals surface area contributed by atoms with Gasteiger partial charge in [0.2, 0.25) is 11.8 Å². The van der Waals surface area contributed by atoms with E-state index in [2.05, 4.69) is 38.3 Å². The van der Waals surface area contributed by atoms with Gasteiger partial charge in [0.1, 0.15) is 0 Å². The third kappa shape index (κ3) is 16.5. The number of carbonyl (C=O) groups is 2. The Hall–Kier alpha value is -0.440. The van der Waals surface area contributed by atoms with Crippen LogP contribution in [0.1, 0.15) is 40.5 Å². The predicted octanol–water partition coefficient (Wildman–Crippen LogP) is 2.81. The van der Waals surface area contributed by atoms with E-state index in [9.17, 15) is 9.59 Å². The van der Waals surface area contributed by atoms with Crippen LogP contribution in [0.25, 0.3) is 0 Å². The van der Waals surface area contributed by atoms with Crippen molar-refractivity contribution in [3.8, 4) is 0 Å². The zero-order valence-electron chi connectivity index (χ0n) is 18.5. The fourth-order valence-corrected chi connectivity index (χ4v) is 2.99. The number of hydrogen-bond donors (Lipinski definition) is 2. The second-order valence-electron chi connectivity index (χ2n) is 8.49. The van der Waals surface area contributed by atoms with Gasteiger partial charge in [0, 0.05) is 48.3 Å². The maximum Gasteiger partial charge on any atom is 0.220 e. The maximum atomic E-state index is 11.7. The van der Waals surface area contributed by atoms with E-state index in [1.165, 1.54) is 0 Å². The Morgan fingerprint density at radius 1 is 0.786 bits per heavy atom. The van der Waals surface area contributed by atoms with Gasteiger partial charge < -0.3 is 20.1 Å². The van der Waals surface area contributed by atoms with Gasteiger partial charge in [-0.15, -0.1) is 0 Å². The van der Waals surface area contributed by atoms with Crippen molar-refractivity contribution < 1.29 is 19.1 Å². The van der Waals surface area contributed by atoms with Crippen LogP contribution >= 0.6 is 23.5 Å². The van der Waals surface area contributed by atoms with Crippen LogP contribution < -0.4 is 10.6 Å². The van der Waals surface area contributed by atoms with E-state index >= 15 is 0 Å². The van der Waals surface area contributed by atoms with E-state index in [1.807, 2.05) is 12.5 Å². The molecule has 0 radical (unpaired) electrons. The molecule has 6 nitrogen and oxygen atoms in total. The molecule has 0 aliphatic rings. The number of carbonyl (C=O) groups excluding carboxylic acids is 2. The average Bonchev–Trinajstić information content (AvgIpc) is 2.62. The lowest BCUT2D eigenvalue weighted by Crippen LogP contribution is -2.38. The van der Waals surface area contributed by atoms with E-state index in [0.29, 0.717) is 52.4 Å². The highest BCUT2D eigenvalue weighted by Crippen LogP contribution is 2.20. The van der Waals surface area contributed by atoms with E-state index in [4.69, 9.17) is 9.47 Å². The smallest absolute Gasteiger partial charge is 0.220 e. The first-order valence-corrected chi connectivity index (χ1v) is 12.6. The fourth-order valence-electron chi connectivity index (χ4n) is 2.21. The normalized spacial score (nSPS) is 12.1. The van der Waals surface area contributed by atoms with E-state index in [1.54, 1.807) is 23.5 Å². The number of amides is 2. The summed E-state index contributed by atoms with van der Waals surface area (Å²) in [7, 11) is 0. The fraction of sp³-hybridized carbons (Fsp3) is 0.900. The average molecular weight is 437 g/mol. The van der Waals surface area contributed by atoms with Gasteiger partial charge in [0.05, 0.1) is 26.4 Å². The SMILES string of the molecule is CSCCC(=O)NCCOCC(C)(C)COCC(C)(C)CNC(=O)CCSC. The zero-order chi connectivity index (χ0) is 21.5.